The molecule has 0 saturated carbocycles. The van der Waals surface area contributed by atoms with Crippen LogP contribution in [0.5, 0.6) is 0 Å². The first kappa shape index (κ1) is 14.4. The number of aromatic nitrogens is 2. The molecule has 0 bridgehead atoms. The van der Waals surface area contributed by atoms with E-state index in [4.69, 9.17) is 17.3 Å². The summed E-state index contributed by atoms with van der Waals surface area (Å²) in [6.45, 7) is 1.76. The summed E-state index contributed by atoms with van der Waals surface area (Å²) in [6.07, 6.45) is 1.89. The number of nitrogens with one attached hydrogen (secondary N) is 1. The predicted molar refractivity (Wildman–Crippen MR) is 85.4 cm³/mol. The van der Waals surface area contributed by atoms with Gasteiger partial charge in [0.15, 0.2) is 5.96 Å². The summed E-state index contributed by atoms with van der Waals surface area (Å²) in [7, 11) is 1.60. The lowest BCUT2D eigenvalue weighted by molar-refractivity contribution is -0.127. The summed E-state index contributed by atoms with van der Waals surface area (Å²) in [6, 6.07) is 1.44. The highest BCUT2D eigenvalue weighted by Crippen LogP contribution is 2.35. The number of nitrogens with two attached hydrogens (primary N) is 1. The Labute approximate surface area is 132 Å². The van der Waals surface area contributed by atoms with Crippen molar-refractivity contribution in [1.82, 2.24) is 14.9 Å². The van der Waals surface area contributed by atoms with Gasteiger partial charge >= 0.3 is 0 Å². The van der Waals surface area contributed by atoms with Gasteiger partial charge in [0, 0.05) is 24.2 Å². The van der Waals surface area contributed by atoms with Crippen molar-refractivity contribution in [1.29, 1.82) is 0 Å². The van der Waals surface area contributed by atoms with Gasteiger partial charge in [-0.3, -0.25) is 9.69 Å². The lowest BCUT2D eigenvalue weighted by Crippen LogP contribution is -2.42. The third kappa shape index (κ3) is 2.30. The first-order valence-electron chi connectivity index (χ1n) is 6.71. The van der Waals surface area contributed by atoms with Crippen molar-refractivity contribution in [2.75, 3.05) is 7.05 Å². The quantitative estimate of drug-likeness (QED) is 0.787. The highest BCUT2D eigenvalue weighted by atomic mass is 35.5. The molecule has 3 rings (SSSR count). The molecular formula is C15H14ClN5O. The molecule has 1 amide bonds. The van der Waals surface area contributed by atoms with Crippen LogP contribution in [0.1, 0.15) is 30.6 Å². The van der Waals surface area contributed by atoms with Crippen molar-refractivity contribution in [3.8, 4) is 11.8 Å². The largest absolute Gasteiger partial charge is 0.369 e. The second-order valence-electron chi connectivity index (χ2n) is 5.01. The number of guanidine groups is 1. The van der Waals surface area contributed by atoms with Crippen molar-refractivity contribution in [3.63, 3.8) is 0 Å². The molecule has 1 aliphatic rings. The molecule has 22 heavy (non-hydrogen) atoms. The second-order valence-corrected chi connectivity index (χ2v) is 5.39. The molecule has 0 saturated heterocycles. The van der Waals surface area contributed by atoms with Crippen molar-refractivity contribution in [3.05, 3.63) is 28.5 Å². The van der Waals surface area contributed by atoms with Crippen LogP contribution in [0, 0.1) is 11.8 Å². The van der Waals surface area contributed by atoms with Crippen LogP contribution in [0.4, 0.5) is 0 Å². The van der Waals surface area contributed by atoms with Crippen LogP contribution in [0.15, 0.2) is 17.3 Å². The van der Waals surface area contributed by atoms with Gasteiger partial charge in [-0.25, -0.2) is 9.98 Å². The maximum Gasteiger partial charge on any atom is 0.231 e. The van der Waals surface area contributed by atoms with Gasteiger partial charge < -0.3 is 10.7 Å². The number of amides is 1. The van der Waals surface area contributed by atoms with E-state index in [1.165, 1.54) is 4.90 Å². The van der Waals surface area contributed by atoms with Crippen LogP contribution in [0.2, 0.25) is 5.02 Å². The van der Waals surface area contributed by atoms with Gasteiger partial charge in [0.1, 0.15) is 11.7 Å². The van der Waals surface area contributed by atoms with Crippen molar-refractivity contribution < 1.29 is 4.79 Å². The van der Waals surface area contributed by atoms with Crippen LogP contribution < -0.4 is 5.73 Å². The van der Waals surface area contributed by atoms with Gasteiger partial charge in [-0.05, 0) is 13.0 Å². The second kappa shape index (κ2) is 5.35. The topological polar surface area (TPSA) is 87.4 Å². The van der Waals surface area contributed by atoms with Crippen molar-refractivity contribution in [2.24, 2.45) is 10.7 Å². The van der Waals surface area contributed by atoms with E-state index in [1.807, 2.05) is 6.07 Å². The number of aromatic amines is 1. The molecule has 1 aliphatic heterocycles. The number of carbonyl (C=O) groups is 1. The summed E-state index contributed by atoms with van der Waals surface area (Å²) in [5, 5.41) is 1.26. The molecule has 0 spiro atoms. The molecule has 1 unspecified atom stereocenters. The monoisotopic (exact) mass is 315 g/mol. The minimum absolute atomic E-state index is 0.0993. The number of aliphatic imine (C=N–C) groups is 1. The lowest BCUT2D eigenvalue weighted by atomic mass is 10.1. The Morgan fingerprint density at radius 2 is 2.32 bits per heavy atom. The van der Waals surface area contributed by atoms with E-state index in [1.54, 1.807) is 20.2 Å². The number of nitrogens with zero attached hydrogens (tertiary/aromatic N) is 3. The zero-order valence-electron chi connectivity index (χ0n) is 12.1. The van der Waals surface area contributed by atoms with E-state index >= 15 is 0 Å². The fraction of sp³-hybridized carbons (Fsp3) is 0.267. The third-order valence-electron chi connectivity index (χ3n) is 3.59. The Morgan fingerprint density at radius 1 is 1.55 bits per heavy atom. The van der Waals surface area contributed by atoms with Gasteiger partial charge in [-0.1, -0.05) is 17.5 Å². The number of pyridine rings is 1. The summed E-state index contributed by atoms with van der Waals surface area (Å²) in [4.78, 5) is 25.0. The first-order valence-corrected chi connectivity index (χ1v) is 7.08. The standard InChI is InChI=1S/C15H14ClN5O/c1-3-4-8-5-9-12(16)13(20-14(9)18-7-8)10-6-11(22)21(2)15(17)19-10/h5,7,10H,6H2,1-2H3,(H2,17,19)(H,18,20). The highest BCUT2D eigenvalue weighted by Gasteiger charge is 2.29. The molecule has 0 radical (unpaired) electrons. The first-order chi connectivity index (χ1) is 10.5. The minimum atomic E-state index is -0.425. The number of halogens is 1. The number of fused-ring (bicyclic) bond motifs is 1. The molecule has 0 aliphatic carbocycles. The molecule has 6 nitrogen and oxygen atoms in total. The smallest absolute Gasteiger partial charge is 0.231 e. The average Bonchev–Trinajstić information content (AvgIpc) is 2.82. The van der Waals surface area contributed by atoms with Crippen LogP contribution in [0.3, 0.4) is 0 Å². The van der Waals surface area contributed by atoms with Gasteiger partial charge in [0.2, 0.25) is 5.91 Å². The molecule has 0 fully saturated rings. The number of H-pyrrole nitrogens is 1. The third-order valence-corrected chi connectivity index (χ3v) is 4.00. The Bertz CT molecular complexity index is 858. The van der Waals surface area contributed by atoms with E-state index in [0.717, 1.165) is 10.9 Å². The minimum Gasteiger partial charge on any atom is -0.369 e. The maximum atomic E-state index is 11.9. The zero-order valence-corrected chi connectivity index (χ0v) is 12.9. The Balaban J connectivity index is 2.10. The highest BCUT2D eigenvalue weighted by molar-refractivity contribution is 6.36. The normalized spacial score (nSPS) is 18.1. The van der Waals surface area contributed by atoms with Crippen molar-refractivity contribution >= 4 is 34.5 Å². The van der Waals surface area contributed by atoms with Crippen LogP contribution >= 0.6 is 11.6 Å². The number of hydrogen-bond donors (Lipinski definition) is 2. The van der Waals surface area contributed by atoms with Crippen LogP contribution in [0.25, 0.3) is 11.0 Å². The average molecular weight is 316 g/mol. The predicted octanol–water partition coefficient (Wildman–Crippen LogP) is 1.81. The Morgan fingerprint density at radius 3 is 3.00 bits per heavy atom. The Kier molecular flexibility index (Phi) is 3.51. The molecule has 2 aromatic rings. The molecular weight excluding hydrogens is 302 g/mol. The van der Waals surface area contributed by atoms with E-state index in [0.29, 0.717) is 16.4 Å². The van der Waals surface area contributed by atoms with Crippen LogP contribution in [-0.4, -0.2) is 33.8 Å². The van der Waals surface area contributed by atoms with Gasteiger partial charge in [-0.15, -0.1) is 5.92 Å². The van der Waals surface area contributed by atoms with Gasteiger partial charge in [0.05, 0.1) is 17.1 Å². The molecule has 3 N–H and O–H groups in total. The number of rotatable bonds is 1. The fourth-order valence-corrected chi connectivity index (χ4v) is 2.71. The van der Waals surface area contributed by atoms with Gasteiger partial charge in [0.25, 0.3) is 0 Å². The molecule has 7 heteroatoms. The molecule has 112 valence electrons. The molecule has 1 atom stereocenters. The maximum absolute atomic E-state index is 11.9. The SMILES string of the molecule is CC#Cc1cnc2[nH]c(C3CC(=O)N(C)C(N)=N3)c(Cl)c2c1. The van der Waals surface area contributed by atoms with Crippen molar-refractivity contribution in [2.45, 2.75) is 19.4 Å². The van der Waals surface area contributed by atoms with E-state index in [-0.39, 0.29) is 18.3 Å². The summed E-state index contributed by atoms with van der Waals surface area (Å²) in [5.74, 6) is 5.85. The van der Waals surface area contributed by atoms with E-state index in [2.05, 4.69) is 26.8 Å². The number of hydrogen-bond acceptors (Lipinski definition) is 4. The molecule has 2 aromatic heterocycles. The zero-order chi connectivity index (χ0) is 15.9. The summed E-state index contributed by atoms with van der Waals surface area (Å²) < 4.78 is 0. The fourth-order valence-electron chi connectivity index (χ4n) is 2.39. The van der Waals surface area contributed by atoms with Crippen LogP contribution in [-0.2, 0) is 4.79 Å². The van der Waals surface area contributed by atoms with E-state index < -0.39 is 6.04 Å². The summed E-state index contributed by atoms with van der Waals surface area (Å²) >= 11 is 6.44. The molecule has 3 heterocycles. The lowest BCUT2D eigenvalue weighted by Gasteiger charge is -2.25. The van der Waals surface area contributed by atoms with Gasteiger partial charge in [-0.2, -0.15) is 0 Å². The summed E-state index contributed by atoms with van der Waals surface area (Å²) in [5.41, 5.74) is 7.84. The molecule has 0 aromatic carbocycles. The van der Waals surface area contributed by atoms with E-state index in [9.17, 15) is 4.79 Å². The number of carbonyl (C=O) groups excluding carboxylic acids is 1. The Hall–Kier alpha value is -2.52.